The summed E-state index contributed by atoms with van der Waals surface area (Å²) in [5.41, 5.74) is 6.45. The predicted octanol–water partition coefficient (Wildman–Crippen LogP) is 4.54. The zero-order valence-corrected chi connectivity index (χ0v) is 12.3. The van der Waals surface area contributed by atoms with Crippen molar-refractivity contribution in [1.29, 1.82) is 0 Å². The van der Waals surface area contributed by atoms with Crippen LogP contribution in [0.5, 0.6) is 0 Å². The van der Waals surface area contributed by atoms with Gasteiger partial charge in [0.1, 0.15) is 11.6 Å². The summed E-state index contributed by atoms with van der Waals surface area (Å²) in [5, 5.41) is 0. The SMILES string of the molecule is NC(c1ccc(Br)cc1Br)c1c(F)cccc1F. The summed E-state index contributed by atoms with van der Waals surface area (Å²) in [6.45, 7) is 0. The molecule has 94 valence electrons. The summed E-state index contributed by atoms with van der Waals surface area (Å²) in [7, 11) is 0. The van der Waals surface area contributed by atoms with Gasteiger partial charge in [0.15, 0.2) is 0 Å². The van der Waals surface area contributed by atoms with Crippen LogP contribution in [0.4, 0.5) is 8.78 Å². The lowest BCUT2D eigenvalue weighted by Crippen LogP contribution is -2.16. The summed E-state index contributed by atoms with van der Waals surface area (Å²) >= 11 is 6.65. The number of nitrogens with two attached hydrogens (primary N) is 1. The Labute approximate surface area is 120 Å². The molecule has 0 saturated heterocycles. The molecule has 0 bridgehead atoms. The van der Waals surface area contributed by atoms with E-state index in [1.165, 1.54) is 18.2 Å². The van der Waals surface area contributed by atoms with Gasteiger partial charge in [-0.3, -0.25) is 0 Å². The molecule has 0 aliphatic rings. The van der Waals surface area contributed by atoms with Gasteiger partial charge in [-0.05, 0) is 29.8 Å². The van der Waals surface area contributed by atoms with Crippen molar-refractivity contribution < 1.29 is 8.78 Å². The lowest BCUT2D eigenvalue weighted by molar-refractivity contribution is 0.543. The van der Waals surface area contributed by atoms with Gasteiger partial charge in [-0.1, -0.05) is 44.0 Å². The second kappa shape index (κ2) is 5.47. The molecule has 1 nitrogen and oxygen atoms in total. The molecule has 0 heterocycles. The maximum Gasteiger partial charge on any atom is 0.131 e. The van der Waals surface area contributed by atoms with Gasteiger partial charge in [-0.15, -0.1) is 0 Å². The highest BCUT2D eigenvalue weighted by Crippen LogP contribution is 2.31. The molecule has 0 aliphatic carbocycles. The molecule has 1 unspecified atom stereocenters. The first-order valence-electron chi connectivity index (χ1n) is 5.15. The third kappa shape index (κ3) is 2.63. The normalized spacial score (nSPS) is 12.5. The molecule has 2 aromatic carbocycles. The van der Waals surface area contributed by atoms with Crippen molar-refractivity contribution >= 4 is 31.9 Å². The number of rotatable bonds is 2. The van der Waals surface area contributed by atoms with Gasteiger partial charge in [-0.25, -0.2) is 8.78 Å². The van der Waals surface area contributed by atoms with E-state index in [1.807, 2.05) is 0 Å². The number of halogens is 4. The second-order valence-electron chi connectivity index (χ2n) is 3.78. The second-order valence-corrected chi connectivity index (χ2v) is 5.55. The van der Waals surface area contributed by atoms with E-state index in [4.69, 9.17) is 5.73 Å². The average Bonchev–Trinajstić information content (AvgIpc) is 2.28. The molecular formula is C13H9Br2F2N. The first-order chi connectivity index (χ1) is 8.50. The van der Waals surface area contributed by atoms with Gasteiger partial charge in [-0.2, -0.15) is 0 Å². The Hall–Kier alpha value is -0.780. The van der Waals surface area contributed by atoms with Crippen LogP contribution in [0.3, 0.4) is 0 Å². The van der Waals surface area contributed by atoms with Gasteiger partial charge in [0.25, 0.3) is 0 Å². The largest absolute Gasteiger partial charge is 0.320 e. The lowest BCUT2D eigenvalue weighted by atomic mass is 9.99. The van der Waals surface area contributed by atoms with Crippen molar-refractivity contribution in [2.24, 2.45) is 5.73 Å². The van der Waals surface area contributed by atoms with Crippen molar-refractivity contribution in [3.05, 3.63) is 68.1 Å². The number of benzene rings is 2. The zero-order chi connectivity index (χ0) is 13.3. The average molecular weight is 377 g/mol. The standard InChI is InChI=1S/C13H9Br2F2N/c14-7-4-5-8(9(15)6-7)13(18)12-10(16)2-1-3-11(12)17/h1-6,13H,18H2. The smallest absolute Gasteiger partial charge is 0.131 e. The minimum Gasteiger partial charge on any atom is -0.320 e. The fourth-order valence-electron chi connectivity index (χ4n) is 1.72. The fraction of sp³-hybridized carbons (Fsp3) is 0.0769. The third-order valence-electron chi connectivity index (χ3n) is 2.61. The first-order valence-corrected chi connectivity index (χ1v) is 6.73. The minimum absolute atomic E-state index is 0.125. The van der Waals surface area contributed by atoms with E-state index in [0.29, 0.717) is 10.0 Å². The van der Waals surface area contributed by atoms with E-state index >= 15 is 0 Å². The van der Waals surface area contributed by atoms with Crippen LogP contribution in [0.1, 0.15) is 17.2 Å². The fourth-order valence-corrected chi connectivity index (χ4v) is 3.01. The van der Waals surface area contributed by atoms with Gasteiger partial charge in [0.2, 0.25) is 0 Å². The van der Waals surface area contributed by atoms with E-state index in [2.05, 4.69) is 31.9 Å². The molecule has 5 heteroatoms. The van der Waals surface area contributed by atoms with Gasteiger partial charge in [0.05, 0.1) is 6.04 Å². The molecule has 0 spiro atoms. The molecule has 1 atom stereocenters. The van der Waals surface area contributed by atoms with Crippen molar-refractivity contribution in [2.45, 2.75) is 6.04 Å². The highest BCUT2D eigenvalue weighted by Gasteiger charge is 2.20. The van der Waals surface area contributed by atoms with E-state index < -0.39 is 17.7 Å². The van der Waals surface area contributed by atoms with Crippen LogP contribution < -0.4 is 5.73 Å². The van der Waals surface area contributed by atoms with E-state index in [0.717, 1.165) is 4.47 Å². The maximum atomic E-state index is 13.7. The van der Waals surface area contributed by atoms with Crippen molar-refractivity contribution in [3.8, 4) is 0 Å². The minimum atomic E-state index is -0.853. The van der Waals surface area contributed by atoms with Crippen LogP contribution in [0.15, 0.2) is 45.3 Å². The highest BCUT2D eigenvalue weighted by molar-refractivity contribution is 9.11. The molecule has 0 aliphatic heterocycles. The summed E-state index contributed by atoms with van der Waals surface area (Å²) in [6, 6.07) is 8.15. The quantitative estimate of drug-likeness (QED) is 0.818. The Morgan fingerprint density at radius 2 is 1.61 bits per heavy atom. The van der Waals surface area contributed by atoms with Crippen LogP contribution in [0.2, 0.25) is 0 Å². The first kappa shape index (κ1) is 13.6. The van der Waals surface area contributed by atoms with E-state index in [-0.39, 0.29) is 5.56 Å². The number of hydrogen-bond donors (Lipinski definition) is 1. The van der Waals surface area contributed by atoms with Crippen LogP contribution >= 0.6 is 31.9 Å². The number of hydrogen-bond acceptors (Lipinski definition) is 1. The van der Waals surface area contributed by atoms with Gasteiger partial charge in [0, 0.05) is 14.5 Å². The molecule has 2 rings (SSSR count). The highest BCUT2D eigenvalue weighted by atomic mass is 79.9. The Kier molecular flexibility index (Phi) is 4.14. The van der Waals surface area contributed by atoms with Crippen LogP contribution in [-0.4, -0.2) is 0 Å². The van der Waals surface area contributed by atoms with Crippen LogP contribution in [0, 0.1) is 11.6 Å². The molecule has 2 N–H and O–H groups in total. The Morgan fingerprint density at radius 3 is 2.17 bits per heavy atom. The summed E-state index contributed by atoms with van der Waals surface area (Å²) < 4.78 is 28.9. The molecular weight excluding hydrogens is 368 g/mol. The summed E-state index contributed by atoms with van der Waals surface area (Å²) in [4.78, 5) is 0. The molecule has 0 aromatic heterocycles. The molecule has 0 saturated carbocycles. The Bertz CT molecular complexity index is 567. The summed E-state index contributed by atoms with van der Waals surface area (Å²) in [5.74, 6) is -1.28. The predicted molar refractivity (Wildman–Crippen MR) is 74.2 cm³/mol. The monoisotopic (exact) mass is 375 g/mol. The molecule has 0 amide bonds. The van der Waals surface area contributed by atoms with Crippen LogP contribution in [0.25, 0.3) is 0 Å². The molecule has 2 aromatic rings. The molecule has 0 fully saturated rings. The van der Waals surface area contributed by atoms with Gasteiger partial charge < -0.3 is 5.73 Å². The lowest BCUT2D eigenvalue weighted by Gasteiger charge is -2.16. The molecule has 18 heavy (non-hydrogen) atoms. The zero-order valence-electron chi connectivity index (χ0n) is 9.13. The van der Waals surface area contributed by atoms with E-state index in [9.17, 15) is 8.78 Å². The topological polar surface area (TPSA) is 26.0 Å². The van der Waals surface area contributed by atoms with Crippen LogP contribution in [-0.2, 0) is 0 Å². The van der Waals surface area contributed by atoms with Gasteiger partial charge >= 0.3 is 0 Å². The van der Waals surface area contributed by atoms with Crippen molar-refractivity contribution in [3.63, 3.8) is 0 Å². The van der Waals surface area contributed by atoms with E-state index in [1.54, 1.807) is 18.2 Å². The summed E-state index contributed by atoms with van der Waals surface area (Å²) in [6.07, 6.45) is 0. The Balaban J connectivity index is 2.51. The van der Waals surface area contributed by atoms with Crippen molar-refractivity contribution in [1.82, 2.24) is 0 Å². The third-order valence-corrected chi connectivity index (χ3v) is 3.79. The van der Waals surface area contributed by atoms with Crippen molar-refractivity contribution in [2.75, 3.05) is 0 Å². The molecule has 0 radical (unpaired) electrons. The maximum absolute atomic E-state index is 13.7. The Morgan fingerprint density at radius 1 is 1.00 bits per heavy atom.